The second-order valence-electron chi connectivity index (χ2n) is 11.9. The van der Waals surface area contributed by atoms with Crippen LogP contribution in [-0.2, 0) is 16.0 Å². The Morgan fingerprint density at radius 1 is 0.818 bits per heavy atom. The Bertz CT molecular complexity index is 1530. The first-order valence-electron chi connectivity index (χ1n) is 14.9. The van der Waals surface area contributed by atoms with Crippen LogP contribution in [0.15, 0.2) is 109 Å². The molecule has 0 saturated heterocycles. The summed E-state index contributed by atoms with van der Waals surface area (Å²) in [4.78, 5) is 40.2. The monoisotopic (exact) mass is 592 g/mol. The first-order valence-corrected chi connectivity index (χ1v) is 14.9. The number of amides is 1. The van der Waals surface area contributed by atoms with Gasteiger partial charge in [0.1, 0.15) is 11.8 Å². The van der Waals surface area contributed by atoms with Crippen molar-refractivity contribution in [3.05, 3.63) is 126 Å². The number of hydrogen-bond acceptors (Lipinski definition) is 5. The molecule has 0 spiro atoms. The van der Waals surface area contributed by atoms with Crippen LogP contribution < -0.4 is 15.0 Å². The third-order valence-electron chi connectivity index (χ3n) is 7.04. The third kappa shape index (κ3) is 9.30. The predicted molar refractivity (Wildman–Crippen MR) is 174 cm³/mol. The number of nitrogens with zero attached hydrogens (tertiary/aromatic N) is 1. The van der Waals surface area contributed by atoms with Gasteiger partial charge in [0.25, 0.3) is 0 Å². The van der Waals surface area contributed by atoms with Gasteiger partial charge in [0, 0.05) is 41.9 Å². The average Bonchev–Trinajstić information content (AvgIpc) is 3.01. The quantitative estimate of drug-likeness (QED) is 0.118. The summed E-state index contributed by atoms with van der Waals surface area (Å²) < 4.78 is 5.95. The molecule has 0 saturated carbocycles. The standard InChI is InChI=1S/C37H40N2O5/c1-37(2,3)26-34(40)39(29-15-8-5-9-16-29)23-12-24-44-30-21-19-27(20-22-30)25-33(36(42)43)38-32-18-11-10-17-31(32)35(41)28-13-6-4-7-14-28/h4-11,13-22,33,38H,12,23-26H2,1-3H3,(H,42,43)/t33-/m0/s1. The van der Waals surface area contributed by atoms with Gasteiger partial charge < -0.3 is 20.1 Å². The average molecular weight is 593 g/mol. The number of anilines is 2. The van der Waals surface area contributed by atoms with E-state index in [0.717, 1.165) is 11.3 Å². The van der Waals surface area contributed by atoms with Crippen LogP contribution in [0.25, 0.3) is 0 Å². The zero-order valence-corrected chi connectivity index (χ0v) is 25.5. The minimum atomic E-state index is -1.02. The van der Waals surface area contributed by atoms with Crippen molar-refractivity contribution >= 4 is 29.0 Å². The van der Waals surface area contributed by atoms with Crippen molar-refractivity contribution in [1.29, 1.82) is 0 Å². The number of hydrogen-bond donors (Lipinski definition) is 2. The lowest BCUT2D eigenvalue weighted by atomic mass is 9.91. The number of rotatable bonds is 14. The molecule has 44 heavy (non-hydrogen) atoms. The molecule has 228 valence electrons. The maximum Gasteiger partial charge on any atom is 0.326 e. The van der Waals surface area contributed by atoms with Crippen molar-refractivity contribution < 1.29 is 24.2 Å². The lowest BCUT2D eigenvalue weighted by Gasteiger charge is -2.27. The lowest BCUT2D eigenvalue weighted by molar-refractivity contribution is -0.137. The maximum atomic E-state index is 13.1. The summed E-state index contributed by atoms with van der Waals surface area (Å²) in [6.45, 7) is 7.14. The summed E-state index contributed by atoms with van der Waals surface area (Å²) in [5.41, 5.74) is 3.00. The molecule has 0 aliphatic rings. The molecule has 2 N–H and O–H groups in total. The molecule has 4 aromatic rings. The molecule has 4 rings (SSSR count). The summed E-state index contributed by atoms with van der Waals surface area (Å²) >= 11 is 0. The zero-order valence-electron chi connectivity index (χ0n) is 25.5. The molecule has 0 aliphatic carbocycles. The highest BCUT2D eigenvalue weighted by Crippen LogP contribution is 2.24. The molecule has 7 heteroatoms. The van der Waals surface area contributed by atoms with Crippen LogP contribution in [-0.4, -0.2) is 42.0 Å². The number of aliphatic carboxylic acids is 1. The highest BCUT2D eigenvalue weighted by Gasteiger charge is 2.23. The normalized spacial score (nSPS) is 11.8. The topological polar surface area (TPSA) is 95.9 Å². The van der Waals surface area contributed by atoms with Crippen molar-refractivity contribution in [3.63, 3.8) is 0 Å². The lowest BCUT2D eigenvalue weighted by Crippen LogP contribution is -2.35. The van der Waals surface area contributed by atoms with Gasteiger partial charge >= 0.3 is 5.97 Å². The van der Waals surface area contributed by atoms with E-state index < -0.39 is 12.0 Å². The summed E-state index contributed by atoms with van der Waals surface area (Å²) in [6, 6.07) is 31.9. The van der Waals surface area contributed by atoms with Crippen molar-refractivity contribution in [2.75, 3.05) is 23.4 Å². The molecule has 1 atom stereocenters. The van der Waals surface area contributed by atoms with E-state index in [1.165, 1.54) is 0 Å². The molecule has 0 aromatic heterocycles. The van der Waals surface area contributed by atoms with E-state index in [0.29, 0.717) is 48.6 Å². The van der Waals surface area contributed by atoms with Gasteiger partial charge in [-0.25, -0.2) is 4.79 Å². The summed E-state index contributed by atoms with van der Waals surface area (Å²) in [5, 5.41) is 13.0. The fourth-order valence-corrected chi connectivity index (χ4v) is 4.86. The minimum Gasteiger partial charge on any atom is -0.494 e. The molecule has 0 radical (unpaired) electrons. The van der Waals surface area contributed by atoms with Crippen LogP contribution in [0.3, 0.4) is 0 Å². The maximum absolute atomic E-state index is 13.1. The Labute approximate surface area is 259 Å². The number of carbonyl (C=O) groups excluding carboxylic acids is 2. The Morgan fingerprint density at radius 2 is 1.43 bits per heavy atom. The molecular formula is C37H40N2O5. The van der Waals surface area contributed by atoms with Gasteiger partial charge in [-0.15, -0.1) is 0 Å². The van der Waals surface area contributed by atoms with Gasteiger partial charge in [-0.1, -0.05) is 93.6 Å². The SMILES string of the molecule is CC(C)(C)CC(=O)N(CCCOc1ccc(C[C@H](Nc2ccccc2C(=O)c2ccccc2)C(=O)O)cc1)c1ccccc1. The first kappa shape index (κ1) is 32.0. The van der Waals surface area contributed by atoms with Crippen LogP contribution in [0.4, 0.5) is 11.4 Å². The number of carbonyl (C=O) groups is 3. The van der Waals surface area contributed by atoms with Crippen molar-refractivity contribution in [3.8, 4) is 5.75 Å². The summed E-state index contributed by atoms with van der Waals surface area (Å²) in [7, 11) is 0. The fraction of sp³-hybridized carbons (Fsp3) is 0.270. The van der Waals surface area contributed by atoms with Crippen LogP contribution in [0.2, 0.25) is 0 Å². The van der Waals surface area contributed by atoms with Gasteiger partial charge in [0.15, 0.2) is 5.78 Å². The molecule has 0 fully saturated rings. The fourth-order valence-electron chi connectivity index (χ4n) is 4.86. The zero-order chi connectivity index (χ0) is 31.5. The molecular weight excluding hydrogens is 552 g/mol. The molecule has 1 amide bonds. The second-order valence-corrected chi connectivity index (χ2v) is 11.9. The Morgan fingerprint density at radius 3 is 2.07 bits per heavy atom. The van der Waals surface area contributed by atoms with Crippen LogP contribution >= 0.6 is 0 Å². The van der Waals surface area contributed by atoms with Crippen molar-refractivity contribution in [2.45, 2.75) is 46.1 Å². The number of ketones is 1. The van der Waals surface area contributed by atoms with Crippen molar-refractivity contribution in [2.24, 2.45) is 5.41 Å². The van der Waals surface area contributed by atoms with E-state index in [1.807, 2.05) is 65.6 Å². The van der Waals surface area contributed by atoms with E-state index >= 15 is 0 Å². The largest absolute Gasteiger partial charge is 0.494 e. The molecule has 0 heterocycles. The molecule has 0 aliphatic heterocycles. The van der Waals surface area contributed by atoms with Gasteiger partial charge in [-0.3, -0.25) is 9.59 Å². The first-order chi connectivity index (χ1) is 21.1. The van der Waals surface area contributed by atoms with Crippen molar-refractivity contribution in [1.82, 2.24) is 0 Å². The molecule has 4 aromatic carbocycles. The third-order valence-corrected chi connectivity index (χ3v) is 7.04. The number of benzene rings is 4. The van der Waals surface area contributed by atoms with Crippen LogP contribution in [0.1, 0.15) is 55.1 Å². The van der Waals surface area contributed by atoms with Gasteiger partial charge in [0.05, 0.1) is 6.61 Å². The smallest absolute Gasteiger partial charge is 0.326 e. The van der Waals surface area contributed by atoms with Gasteiger partial charge in [0.2, 0.25) is 5.91 Å². The van der Waals surface area contributed by atoms with Crippen LogP contribution in [0, 0.1) is 5.41 Å². The molecule has 0 unspecified atom stereocenters. The minimum absolute atomic E-state index is 0.0849. The predicted octanol–water partition coefficient (Wildman–Crippen LogP) is 7.26. The number of carboxylic acid groups (broad SMARTS) is 1. The number of para-hydroxylation sites is 2. The Balaban J connectivity index is 1.34. The van der Waals surface area contributed by atoms with E-state index in [4.69, 9.17) is 4.74 Å². The van der Waals surface area contributed by atoms with Crippen LogP contribution in [0.5, 0.6) is 5.75 Å². The molecule has 7 nitrogen and oxygen atoms in total. The Kier molecular flexibility index (Phi) is 10.9. The second kappa shape index (κ2) is 15.0. The van der Waals surface area contributed by atoms with E-state index in [9.17, 15) is 19.5 Å². The van der Waals surface area contributed by atoms with E-state index in [2.05, 4.69) is 26.1 Å². The highest BCUT2D eigenvalue weighted by atomic mass is 16.5. The van der Waals surface area contributed by atoms with Gasteiger partial charge in [-0.05, 0) is 53.8 Å². The number of carboxylic acids is 1. The highest BCUT2D eigenvalue weighted by molar-refractivity contribution is 6.12. The Hall–Kier alpha value is -4.91. The van der Waals surface area contributed by atoms with Gasteiger partial charge in [-0.2, -0.15) is 0 Å². The van der Waals surface area contributed by atoms with E-state index in [-0.39, 0.29) is 23.5 Å². The summed E-state index contributed by atoms with van der Waals surface area (Å²) in [6.07, 6.45) is 1.31. The number of nitrogens with one attached hydrogen (secondary N) is 1. The summed E-state index contributed by atoms with van der Waals surface area (Å²) in [5.74, 6) is -0.442. The molecule has 0 bridgehead atoms. The number of ether oxygens (including phenoxy) is 1. The van der Waals surface area contributed by atoms with E-state index in [1.54, 1.807) is 48.5 Å².